The van der Waals surface area contributed by atoms with Crippen LogP contribution in [0.15, 0.2) is 0 Å². The summed E-state index contributed by atoms with van der Waals surface area (Å²) in [7, 11) is 0. The van der Waals surface area contributed by atoms with Gasteiger partial charge in [-0.3, -0.25) is 9.59 Å². The van der Waals surface area contributed by atoms with Gasteiger partial charge in [-0.25, -0.2) is 4.39 Å². The van der Waals surface area contributed by atoms with Gasteiger partial charge >= 0.3 is 11.9 Å². The zero-order valence-electron chi connectivity index (χ0n) is 10.5. The minimum atomic E-state index is -1.53. The molecule has 0 atom stereocenters. The highest BCUT2D eigenvalue weighted by Gasteiger charge is 2.55. The van der Waals surface area contributed by atoms with Gasteiger partial charge in [-0.1, -0.05) is 0 Å². The number of alkyl halides is 1. The number of rotatable bonds is 6. The van der Waals surface area contributed by atoms with E-state index in [4.69, 9.17) is 9.47 Å². The van der Waals surface area contributed by atoms with Gasteiger partial charge in [0.2, 0.25) is 0 Å². The van der Waals surface area contributed by atoms with Crippen molar-refractivity contribution < 1.29 is 23.5 Å². The van der Waals surface area contributed by atoms with Gasteiger partial charge in [0.05, 0.1) is 13.2 Å². The van der Waals surface area contributed by atoms with E-state index in [0.717, 1.165) is 0 Å². The fourth-order valence-electron chi connectivity index (χ4n) is 1.75. The highest BCUT2D eigenvalue weighted by molar-refractivity contribution is 5.99. The molecule has 0 aromatic heterocycles. The first kappa shape index (κ1) is 13.9. The zero-order chi connectivity index (χ0) is 13.1. The number of carbonyl (C=O) groups is 2. The van der Waals surface area contributed by atoms with E-state index in [-0.39, 0.29) is 19.6 Å². The Morgan fingerprint density at radius 3 is 1.88 bits per heavy atom. The van der Waals surface area contributed by atoms with E-state index in [1.807, 2.05) is 0 Å². The van der Waals surface area contributed by atoms with Gasteiger partial charge in [-0.05, 0) is 33.6 Å². The van der Waals surface area contributed by atoms with E-state index < -0.39 is 23.0 Å². The summed E-state index contributed by atoms with van der Waals surface area (Å²) in [6, 6.07) is 0. The van der Waals surface area contributed by atoms with Crippen LogP contribution in [0.5, 0.6) is 0 Å². The Morgan fingerprint density at radius 2 is 1.59 bits per heavy atom. The zero-order valence-corrected chi connectivity index (χ0v) is 10.5. The quantitative estimate of drug-likeness (QED) is 0.531. The maximum Gasteiger partial charge on any atom is 0.323 e. The summed E-state index contributed by atoms with van der Waals surface area (Å²) >= 11 is 0. The van der Waals surface area contributed by atoms with Crippen LogP contribution in [0.2, 0.25) is 0 Å². The second-order valence-electron chi connectivity index (χ2n) is 4.60. The Kier molecular flexibility index (Phi) is 4.11. The van der Waals surface area contributed by atoms with Crippen LogP contribution in [0.25, 0.3) is 0 Å². The van der Waals surface area contributed by atoms with Crippen LogP contribution in [-0.2, 0) is 19.1 Å². The standard InChI is InChI=1S/C12H19FO4/c1-4-16-9(14)11(3,10(15)17-5-2)8-12(13)6-7-12/h4-8H2,1-3H3. The summed E-state index contributed by atoms with van der Waals surface area (Å²) in [4.78, 5) is 23.6. The van der Waals surface area contributed by atoms with Crippen molar-refractivity contribution >= 4 is 11.9 Å². The van der Waals surface area contributed by atoms with Gasteiger partial charge in [0.1, 0.15) is 5.67 Å². The van der Waals surface area contributed by atoms with Gasteiger partial charge in [0.15, 0.2) is 5.41 Å². The third-order valence-electron chi connectivity index (χ3n) is 2.91. The lowest BCUT2D eigenvalue weighted by molar-refractivity contribution is -0.172. The molecule has 5 heteroatoms. The number of halogens is 1. The van der Waals surface area contributed by atoms with Crippen LogP contribution in [0.3, 0.4) is 0 Å². The molecule has 0 heterocycles. The molecular formula is C12H19FO4. The molecule has 0 aromatic carbocycles. The van der Waals surface area contributed by atoms with Crippen LogP contribution in [0, 0.1) is 5.41 Å². The largest absolute Gasteiger partial charge is 0.465 e. The fraction of sp³-hybridized carbons (Fsp3) is 0.833. The van der Waals surface area contributed by atoms with Crippen molar-refractivity contribution in [3.05, 3.63) is 0 Å². The summed E-state index contributed by atoms with van der Waals surface area (Å²) in [5.41, 5.74) is -2.94. The average molecular weight is 246 g/mol. The van der Waals surface area contributed by atoms with E-state index >= 15 is 0 Å². The molecule has 1 fully saturated rings. The van der Waals surface area contributed by atoms with Gasteiger partial charge < -0.3 is 9.47 Å². The Morgan fingerprint density at radius 1 is 1.18 bits per heavy atom. The normalized spacial score (nSPS) is 17.4. The lowest BCUT2D eigenvalue weighted by atomic mass is 9.84. The van der Waals surface area contributed by atoms with Gasteiger partial charge in [-0.15, -0.1) is 0 Å². The highest BCUT2D eigenvalue weighted by Crippen LogP contribution is 2.49. The minimum Gasteiger partial charge on any atom is -0.465 e. The van der Waals surface area contributed by atoms with Crippen molar-refractivity contribution in [2.75, 3.05) is 13.2 Å². The number of hydrogen-bond donors (Lipinski definition) is 0. The molecule has 0 bridgehead atoms. The van der Waals surface area contributed by atoms with E-state index in [0.29, 0.717) is 12.8 Å². The summed E-state index contributed by atoms with van der Waals surface area (Å²) in [5, 5.41) is 0. The van der Waals surface area contributed by atoms with E-state index in [1.54, 1.807) is 13.8 Å². The predicted octanol–water partition coefficient (Wildman–Crippen LogP) is 2.01. The molecule has 1 aliphatic carbocycles. The van der Waals surface area contributed by atoms with Crippen molar-refractivity contribution in [3.8, 4) is 0 Å². The first-order valence-electron chi connectivity index (χ1n) is 5.91. The second-order valence-corrected chi connectivity index (χ2v) is 4.60. The summed E-state index contributed by atoms with van der Waals surface area (Å²) < 4.78 is 23.5. The lowest BCUT2D eigenvalue weighted by Gasteiger charge is -2.26. The molecule has 1 rings (SSSR count). The molecule has 0 radical (unpaired) electrons. The Balaban J connectivity index is 2.82. The molecule has 0 saturated heterocycles. The number of carbonyl (C=O) groups excluding carboxylic acids is 2. The molecule has 0 amide bonds. The van der Waals surface area contributed by atoms with Gasteiger partial charge in [-0.2, -0.15) is 0 Å². The monoisotopic (exact) mass is 246 g/mol. The first-order chi connectivity index (χ1) is 7.88. The number of ether oxygens (including phenoxy) is 2. The highest BCUT2D eigenvalue weighted by atomic mass is 19.1. The number of hydrogen-bond acceptors (Lipinski definition) is 4. The molecule has 1 aliphatic rings. The lowest BCUT2D eigenvalue weighted by Crippen LogP contribution is -2.42. The van der Waals surface area contributed by atoms with Crippen LogP contribution >= 0.6 is 0 Å². The minimum absolute atomic E-state index is 0.155. The molecule has 17 heavy (non-hydrogen) atoms. The van der Waals surface area contributed by atoms with Gasteiger partial charge in [0, 0.05) is 6.42 Å². The Bertz CT molecular complexity index is 292. The SMILES string of the molecule is CCOC(=O)C(C)(CC1(F)CC1)C(=O)OCC. The van der Waals surface area contributed by atoms with Gasteiger partial charge in [0.25, 0.3) is 0 Å². The fourth-order valence-corrected chi connectivity index (χ4v) is 1.75. The smallest absolute Gasteiger partial charge is 0.323 e. The molecule has 0 spiro atoms. The summed E-state index contributed by atoms with van der Waals surface area (Å²) in [5.74, 6) is -1.41. The van der Waals surface area contributed by atoms with Crippen molar-refractivity contribution in [3.63, 3.8) is 0 Å². The van der Waals surface area contributed by atoms with Crippen molar-refractivity contribution in [2.45, 2.75) is 45.7 Å². The molecule has 0 unspecified atom stereocenters. The van der Waals surface area contributed by atoms with Crippen molar-refractivity contribution in [2.24, 2.45) is 5.41 Å². The predicted molar refractivity (Wildman–Crippen MR) is 59.1 cm³/mol. The first-order valence-corrected chi connectivity index (χ1v) is 5.91. The van der Waals surface area contributed by atoms with Crippen LogP contribution in [0.1, 0.15) is 40.0 Å². The van der Waals surface area contributed by atoms with E-state index in [9.17, 15) is 14.0 Å². The molecule has 0 N–H and O–H groups in total. The van der Waals surface area contributed by atoms with E-state index in [1.165, 1.54) is 6.92 Å². The maximum atomic E-state index is 13.8. The molecular weight excluding hydrogens is 227 g/mol. The second kappa shape index (κ2) is 5.02. The maximum absolute atomic E-state index is 13.8. The third-order valence-corrected chi connectivity index (χ3v) is 2.91. The molecule has 0 aromatic rings. The Labute approximate surface area is 100 Å². The van der Waals surface area contributed by atoms with E-state index in [2.05, 4.69) is 0 Å². The summed E-state index contributed by atoms with van der Waals surface area (Å²) in [6.07, 6.45) is 0.625. The van der Waals surface area contributed by atoms with Crippen LogP contribution < -0.4 is 0 Å². The molecule has 98 valence electrons. The van der Waals surface area contributed by atoms with Crippen LogP contribution in [0.4, 0.5) is 4.39 Å². The average Bonchev–Trinajstić information content (AvgIpc) is 2.96. The van der Waals surface area contributed by atoms with Crippen LogP contribution in [-0.4, -0.2) is 30.8 Å². The van der Waals surface area contributed by atoms with Crippen molar-refractivity contribution in [1.29, 1.82) is 0 Å². The molecule has 1 saturated carbocycles. The van der Waals surface area contributed by atoms with Crippen molar-refractivity contribution in [1.82, 2.24) is 0 Å². The topological polar surface area (TPSA) is 52.6 Å². The third kappa shape index (κ3) is 3.17. The number of esters is 2. The molecule has 4 nitrogen and oxygen atoms in total. The summed E-state index contributed by atoms with van der Waals surface area (Å²) in [6.45, 7) is 5.00. The Hall–Kier alpha value is -1.13. The molecule has 0 aliphatic heterocycles.